The van der Waals surface area contributed by atoms with Crippen molar-refractivity contribution in [2.45, 2.75) is 57.2 Å². The molecule has 1 atom stereocenters. The smallest absolute Gasteiger partial charge is 0.262 e. The van der Waals surface area contributed by atoms with Gasteiger partial charge in [-0.15, -0.1) is 0 Å². The number of piperidine rings is 2. The van der Waals surface area contributed by atoms with E-state index in [9.17, 15) is 28.8 Å². The molecule has 2 aromatic carbocycles. The minimum atomic E-state index is -0.986. The largest absolute Gasteiger partial charge is 0.491 e. The van der Waals surface area contributed by atoms with E-state index in [4.69, 9.17) is 4.74 Å². The number of anilines is 2. The number of hydrogen-bond donors (Lipinski definition) is 2. The average molecular weight is 772 g/mol. The zero-order valence-corrected chi connectivity index (χ0v) is 31.2. The number of likely N-dealkylation sites (tertiary alicyclic amines) is 1. The molecule has 0 spiro atoms. The van der Waals surface area contributed by atoms with Gasteiger partial charge in [0.15, 0.2) is 5.65 Å². The number of aromatic nitrogens is 3. The lowest BCUT2D eigenvalue weighted by molar-refractivity contribution is -0.136. The molecule has 7 heterocycles. The van der Waals surface area contributed by atoms with Crippen LogP contribution in [-0.4, -0.2) is 116 Å². The maximum Gasteiger partial charge on any atom is 0.262 e. The zero-order valence-electron chi connectivity index (χ0n) is 31.2. The summed E-state index contributed by atoms with van der Waals surface area (Å²) >= 11 is 0. The van der Waals surface area contributed by atoms with Crippen LogP contribution in [0.3, 0.4) is 0 Å². The minimum Gasteiger partial charge on any atom is -0.491 e. The predicted octanol–water partition coefficient (Wildman–Crippen LogP) is 2.73. The Morgan fingerprint density at radius 1 is 0.895 bits per heavy atom. The van der Waals surface area contributed by atoms with E-state index in [-0.39, 0.29) is 41.8 Å². The van der Waals surface area contributed by atoms with E-state index in [2.05, 4.69) is 30.5 Å². The third kappa shape index (κ3) is 6.37. The van der Waals surface area contributed by atoms with Crippen LogP contribution in [0.1, 0.15) is 85.5 Å². The standard InChI is InChI=1S/C41H41N9O7/c51-35-7-6-33(38(53)45-35)50-40(55)28-5-4-27(15-30(28)41(50)56)47-19-24(20-47)18-46-12-8-26(9-13-46)48-21-25-14-32(34(16-29(25)39(48)54)57-22-23-2-3-23)44-37(52)31-17-43-49-11-1-10-42-36(31)49/h1,4-5,10-11,14-17,23-24,26,33H,2-3,6-9,12-13,18-22H2,(H,44,52)(H,45,51,53). The van der Waals surface area contributed by atoms with Crippen molar-refractivity contribution >= 4 is 52.5 Å². The fourth-order valence-electron chi connectivity index (χ4n) is 8.88. The Balaban J connectivity index is 0.745. The SMILES string of the molecule is O=C1CCC(N2C(=O)c3ccc(N4CC(CN5CCC(N6Cc7cc(NC(=O)c8cnn9cccnc89)c(OCC8CC8)cc7C6=O)CC5)C4)cc3C2=O)C(=O)N1. The van der Waals surface area contributed by atoms with Crippen LogP contribution in [0.4, 0.5) is 11.4 Å². The molecule has 1 unspecified atom stereocenters. The molecule has 4 fully saturated rings. The molecule has 6 aliphatic rings. The van der Waals surface area contributed by atoms with Gasteiger partial charge in [0.05, 0.1) is 29.6 Å². The maximum absolute atomic E-state index is 13.9. The van der Waals surface area contributed by atoms with Crippen LogP contribution < -0.4 is 20.3 Å². The van der Waals surface area contributed by atoms with Crippen LogP contribution >= 0.6 is 0 Å². The molecule has 6 amide bonds. The number of hydrogen-bond acceptors (Lipinski definition) is 11. The number of benzene rings is 2. The van der Waals surface area contributed by atoms with Gasteiger partial charge in [0.25, 0.3) is 23.6 Å². The number of ether oxygens (including phenoxy) is 1. The maximum atomic E-state index is 13.9. The summed E-state index contributed by atoms with van der Waals surface area (Å²) in [5.74, 6) is -0.964. The van der Waals surface area contributed by atoms with Gasteiger partial charge >= 0.3 is 0 Å². The monoisotopic (exact) mass is 771 g/mol. The molecule has 2 N–H and O–H groups in total. The first-order chi connectivity index (χ1) is 27.7. The Bertz CT molecular complexity index is 2380. The summed E-state index contributed by atoms with van der Waals surface area (Å²) in [6, 6.07) is 9.79. The summed E-state index contributed by atoms with van der Waals surface area (Å²) in [4.78, 5) is 89.7. The van der Waals surface area contributed by atoms with Gasteiger partial charge in [-0.2, -0.15) is 5.10 Å². The van der Waals surface area contributed by atoms with Gasteiger partial charge in [-0.3, -0.25) is 39.0 Å². The minimum absolute atomic E-state index is 0.00572. The van der Waals surface area contributed by atoms with Gasteiger partial charge in [-0.1, -0.05) is 0 Å². The van der Waals surface area contributed by atoms with Crippen molar-refractivity contribution < 1.29 is 33.5 Å². The van der Waals surface area contributed by atoms with E-state index in [1.165, 1.54) is 6.20 Å². The highest BCUT2D eigenvalue weighted by molar-refractivity contribution is 6.23. The number of imide groups is 2. The highest BCUT2D eigenvalue weighted by Gasteiger charge is 2.45. The van der Waals surface area contributed by atoms with Crippen LogP contribution in [-0.2, 0) is 16.1 Å². The fourth-order valence-corrected chi connectivity index (χ4v) is 8.88. The van der Waals surface area contributed by atoms with E-state index in [0.717, 1.165) is 74.6 Å². The summed E-state index contributed by atoms with van der Waals surface area (Å²) in [6.07, 6.45) is 9.00. The summed E-state index contributed by atoms with van der Waals surface area (Å²) in [5.41, 5.74) is 4.24. The summed E-state index contributed by atoms with van der Waals surface area (Å²) in [6.45, 7) is 5.31. The van der Waals surface area contributed by atoms with Crippen LogP contribution in [0, 0.1) is 11.8 Å². The molecule has 1 aliphatic carbocycles. The van der Waals surface area contributed by atoms with Crippen molar-refractivity contribution in [1.82, 2.24) is 34.6 Å². The van der Waals surface area contributed by atoms with E-state index in [1.54, 1.807) is 41.2 Å². The quantitative estimate of drug-likeness (QED) is 0.227. The lowest BCUT2D eigenvalue weighted by Gasteiger charge is -2.45. The Kier molecular flexibility index (Phi) is 8.53. The average Bonchev–Trinajstić information content (AvgIpc) is 3.77. The Hall–Kier alpha value is -6.16. The zero-order chi connectivity index (χ0) is 38.9. The first-order valence-corrected chi connectivity index (χ1v) is 19.7. The molecule has 0 radical (unpaired) electrons. The molecule has 16 nitrogen and oxygen atoms in total. The van der Waals surface area contributed by atoms with Crippen molar-refractivity contribution in [2.75, 3.05) is 49.5 Å². The van der Waals surface area contributed by atoms with Crippen molar-refractivity contribution in [3.8, 4) is 5.75 Å². The highest BCUT2D eigenvalue weighted by Crippen LogP contribution is 2.39. The molecule has 10 rings (SSSR count). The molecule has 0 bridgehead atoms. The Morgan fingerprint density at radius 3 is 2.49 bits per heavy atom. The second-order valence-electron chi connectivity index (χ2n) is 16.1. The molecule has 292 valence electrons. The van der Waals surface area contributed by atoms with E-state index >= 15 is 0 Å². The Morgan fingerprint density at radius 2 is 1.70 bits per heavy atom. The molecule has 2 aromatic heterocycles. The molecule has 1 saturated carbocycles. The number of amides is 6. The van der Waals surface area contributed by atoms with Gasteiger partial charge in [0, 0.05) is 81.3 Å². The number of carbonyl (C=O) groups excluding carboxylic acids is 6. The van der Waals surface area contributed by atoms with Gasteiger partial charge in [0.2, 0.25) is 11.8 Å². The van der Waals surface area contributed by atoms with E-state index < -0.39 is 29.7 Å². The van der Waals surface area contributed by atoms with Crippen LogP contribution in [0.25, 0.3) is 5.65 Å². The third-order valence-electron chi connectivity index (χ3n) is 12.2. The van der Waals surface area contributed by atoms with Gasteiger partial charge in [-0.05, 0) is 80.0 Å². The van der Waals surface area contributed by atoms with Crippen molar-refractivity contribution in [1.29, 1.82) is 0 Å². The van der Waals surface area contributed by atoms with Crippen molar-refractivity contribution in [3.63, 3.8) is 0 Å². The number of carbonyl (C=O) groups is 6. The molecule has 5 aliphatic heterocycles. The van der Waals surface area contributed by atoms with E-state index in [1.807, 2.05) is 17.0 Å². The topological polar surface area (TPSA) is 179 Å². The van der Waals surface area contributed by atoms with Gasteiger partial charge in [0.1, 0.15) is 17.4 Å². The van der Waals surface area contributed by atoms with Crippen LogP contribution in [0.2, 0.25) is 0 Å². The van der Waals surface area contributed by atoms with Crippen molar-refractivity contribution in [3.05, 3.63) is 82.8 Å². The van der Waals surface area contributed by atoms with Crippen molar-refractivity contribution in [2.24, 2.45) is 11.8 Å². The lowest BCUT2D eigenvalue weighted by Crippen LogP contribution is -2.54. The van der Waals surface area contributed by atoms with Gasteiger partial charge in [-0.25, -0.2) is 9.50 Å². The molecule has 16 heteroatoms. The second kappa shape index (κ2) is 13.8. The third-order valence-corrected chi connectivity index (χ3v) is 12.2. The van der Waals surface area contributed by atoms with E-state index in [0.29, 0.717) is 53.2 Å². The normalized spacial score (nSPS) is 21.6. The predicted molar refractivity (Wildman–Crippen MR) is 204 cm³/mol. The number of rotatable bonds is 10. The number of nitrogens with one attached hydrogen (secondary N) is 2. The van der Waals surface area contributed by atoms with Crippen LogP contribution in [0.5, 0.6) is 5.75 Å². The molecule has 4 aromatic rings. The van der Waals surface area contributed by atoms with Crippen LogP contribution in [0.15, 0.2) is 55.0 Å². The highest BCUT2D eigenvalue weighted by atomic mass is 16.5. The molecular formula is C41H41N9O7. The summed E-state index contributed by atoms with van der Waals surface area (Å²) in [7, 11) is 0. The first-order valence-electron chi connectivity index (χ1n) is 19.7. The summed E-state index contributed by atoms with van der Waals surface area (Å²) in [5, 5.41) is 9.50. The molecule has 3 saturated heterocycles. The van der Waals surface area contributed by atoms with Gasteiger partial charge < -0.3 is 24.8 Å². The first kappa shape index (κ1) is 35.3. The fraction of sp³-hybridized carbons (Fsp3) is 0.415. The molecule has 57 heavy (non-hydrogen) atoms. The number of fused-ring (bicyclic) bond motifs is 3. The molecular weight excluding hydrogens is 731 g/mol. The summed E-state index contributed by atoms with van der Waals surface area (Å²) < 4.78 is 7.75. The Labute approximate surface area is 327 Å². The number of nitrogens with zero attached hydrogens (tertiary/aromatic N) is 7. The lowest BCUT2D eigenvalue weighted by atomic mass is 9.95. The second-order valence-corrected chi connectivity index (χ2v) is 16.1.